The van der Waals surface area contributed by atoms with Gasteiger partial charge in [0.05, 0.1) is 27.7 Å². The average molecular weight is 1460 g/mol. The molecule has 9 nitrogen and oxygen atoms in total. The first-order valence-electron chi connectivity index (χ1n) is 41.4. The summed E-state index contributed by atoms with van der Waals surface area (Å²) >= 11 is 0. The molecule has 0 bridgehead atoms. The van der Waals surface area contributed by atoms with Crippen molar-refractivity contribution in [3.8, 4) is 0 Å². The zero-order valence-corrected chi connectivity index (χ0v) is 67.8. The Morgan fingerprint density at radius 3 is 0.769 bits per heavy atom. The van der Waals surface area contributed by atoms with Crippen molar-refractivity contribution in [3.63, 3.8) is 0 Å². The van der Waals surface area contributed by atoms with Crippen molar-refractivity contribution in [2.24, 2.45) is 0 Å². The first-order valence-corrected chi connectivity index (χ1v) is 42.9. The minimum Gasteiger partial charge on any atom is -0.756 e. The summed E-state index contributed by atoms with van der Waals surface area (Å²) in [7, 11) is 1.14. The number of unbranched alkanes of at least 4 members (excludes halogenated alkanes) is 24. The zero-order valence-electron chi connectivity index (χ0n) is 66.9. The van der Waals surface area contributed by atoms with Crippen LogP contribution in [0.25, 0.3) is 0 Å². The Labute approximate surface area is 639 Å². The molecule has 10 heteroatoms. The third-order valence-corrected chi connectivity index (χ3v) is 18.0. The molecule has 0 aromatic carbocycles. The molecule has 0 spiro atoms. The standard InChI is InChI=1S/C94H152NO8P/c1-6-8-10-12-14-16-18-20-22-24-26-28-30-32-34-36-38-40-42-44-46-47-49-50-52-54-56-58-60-62-64-66-68-70-72-74-76-78-80-82-84-86-93(96)100-90-92(91-102-104(98,99)101-89-88-95(3,4)5)103-94(97)87-85-83-81-79-77-75-73-71-69-67-65-63-61-59-57-55-53-51-48-45-43-41-39-37-35-33-31-29-27-25-23-21-19-17-15-13-11-9-7-2/h8-11,14-17,20-23,26-29,32-35,38-41,44-46,48-50,53,55,59,61,65,67,92H,6-7,12-13,18-19,24-25,30-31,36-37,42-43,47,51-52,54,56-58,60,62-64,66,68-91H2,1-5H3/b10-8-,11-9-,16-14-,17-15-,22-20-,23-21-,28-26-,29-27-,34-32-,35-33-,40-38-,41-39-,46-44-,48-45-,50-49-,55-53-,61-59-,67-65-. The summed E-state index contributed by atoms with van der Waals surface area (Å²) in [6, 6.07) is 0. The Bertz CT molecular complexity index is 2570. The molecule has 0 aromatic heterocycles. The summed E-state index contributed by atoms with van der Waals surface area (Å²) in [6.07, 6.45) is 129. The quantitative estimate of drug-likeness (QED) is 0.0195. The second-order valence-corrected chi connectivity index (χ2v) is 29.4. The third-order valence-electron chi connectivity index (χ3n) is 17.0. The smallest absolute Gasteiger partial charge is 0.306 e. The zero-order chi connectivity index (χ0) is 75.4. The maximum absolute atomic E-state index is 12.9. The van der Waals surface area contributed by atoms with Gasteiger partial charge < -0.3 is 27.9 Å². The topological polar surface area (TPSA) is 111 Å². The number of carbonyl (C=O) groups is 2. The Morgan fingerprint density at radius 2 is 0.519 bits per heavy atom. The molecule has 0 amide bonds. The molecule has 2 unspecified atom stereocenters. The number of rotatable bonds is 74. The van der Waals surface area contributed by atoms with Crippen LogP contribution < -0.4 is 4.89 Å². The van der Waals surface area contributed by atoms with Crippen molar-refractivity contribution in [1.82, 2.24) is 0 Å². The Kier molecular flexibility index (Phi) is 77.0. The van der Waals surface area contributed by atoms with E-state index in [0.717, 1.165) is 161 Å². The van der Waals surface area contributed by atoms with E-state index in [4.69, 9.17) is 18.5 Å². The van der Waals surface area contributed by atoms with Crippen LogP contribution in [0.3, 0.4) is 0 Å². The van der Waals surface area contributed by atoms with Gasteiger partial charge in [0.2, 0.25) is 0 Å². The Balaban J connectivity index is 4.05. The molecule has 0 rings (SSSR count). The molecule has 586 valence electrons. The van der Waals surface area contributed by atoms with Crippen LogP contribution in [0.2, 0.25) is 0 Å². The second-order valence-electron chi connectivity index (χ2n) is 28.0. The lowest BCUT2D eigenvalue weighted by Gasteiger charge is -2.28. The van der Waals surface area contributed by atoms with Gasteiger partial charge in [-0.25, -0.2) is 0 Å². The first-order chi connectivity index (χ1) is 51.0. The van der Waals surface area contributed by atoms with Crippen molar-refractivity contribution in [2.45, 2.75) is 315 Å². The van der Waals surface area contributed by atoms with E-state index in [0.29, 0.717) is 17.4 Å². The maximum Gasteiger partial charge on any atom is 0.306 e. The van der Waals surface area contributed by atoms with Crippen LogP contribution in [0.4, 0.5) is 0 Å². The summed E-state index contributed by atoms with van der Waals surface area (Å²) in [5.41, 5.74) is 0. The highest BCUT2D eigenvalue weighted by Gasteiger charge is 2.22. The largest absolute Gasteiger partial charge is 0.756 e. The molecule has 0 aliphatic heterocycles. The predicted molar refractivity (Wildman–Crippen MR) is 451 cm³/mol. The normalized spacial score (nSPS) is 14.2. The average Bonchev–Trinajstić information content (AvgIpc) is 0.915. The number of hydrogen-bond acceptors (Lipinski definition) is 8. The van der Waals surface area contributed by atoms with Gasteiger partial charge in [0, 0.05) is 12.8 Å². The lowest BCUT2D eigenvalue weighted by atomic mass is 10.0. The van der Waals surface area contributed by atoms with Gasteiger partial charge in [-0.3, -0.25) is 14.2 Å². The Morgan fingerprint density at radius 1 is 0.298 bits per heavy atom. The van der Waals surface area contributed by atoms with E-state index in [1.807, 2.05) is 21.1 Å². The van der Waals surface area contributed by atoms with Gasteiger partial charge in [0.25, 0.3) is 7.82 Å². The van der Waals surface area contributed by atoms with E-state index in [2.05, 4.69) is 233 Å². The number of allylic oxidation sites excluding steroid dienone is 36. The van der Waals surface area contributed by atoms with E-state index in [1.54, 1.807) is 0 Å². The molecule has 0 heterocycles. The summed E-state index contributed by atoms with van der Waals surface area (Å²) in [4.78, 5) is 38.2. The molecule has 0 fully saturated rings. The number of ether oxygens (including phenoxy) is 2. The van der Waals surface area contributed by atoms with Crippen LogP contribution in [0.15, 0.2) is 219 Å². The summed E-state index contributed by atoms with van der Waals surface area (Å²) < 4.78 is 34.4. The van der Waals surface area contributed by atoms with Crippen LogP contribution >= 0.6 is 7.82 Å². The Hall–Kier alpha value is -5.67. The monoisotopic (exact) mass is 1450 g/mol. The number of hydrogen-bond donors (Lipinski definition) is 0. The van der Waals surface area contributed by atoms with Crippen molar-refractivity contribution in [3.05, 3.63) is 219 Å². The highest BCUT2D eigenvalue weighted by Crippen LogP contribution is 2.38. The van der Waals surface area contributed by atoms with Crippen LogP contribution in [0, 0.1) is 0 Å². The van der Waals surface area contributed by atoms with E-state index >= 15 is 0 Å². The number of esters is 2. The highest BCUT2D eigenvalue weighted by molar-refractivity contribution is 7.45. The molecule has 0 aliphatic carbocycles. The number of phosphoric acid groups is 1. The van der Waals surface area contributed by atoms with Crippen molar-refractivity contribution in [1.29, 1.82) is 0 Å². The second kappa shape index (κ2) is 81.4. The molecule has 2 atom stereocenters. The first kappa shape index (κ1) is 98.3. The molecule has 0 saturated heterocycles. The van der Waals surface area contributed by atoms with Crippen LogP contribution in [0.1, 0.15) is 309 Å². The molecule has 0 N–H and O–H groups in total. The van der Waals surface area contributed by atoms with E-state index < -0.39 is 26.5 Å². The van der Waals surface area contributed by atoms with Crippen molar-refractivity contribution < 1.29 is 42.1 Å². The highest BCUT2D eigenvalue weighted by atomic mass is 31.2. The van der Waals surface area contributed by atoms with Gasteiger partial charge in [-0.2, -0.15) is 0 Å². The van der Waals surface area contributed by atoms with Gasteiger partial charge in [0.1, 0.15) is 19.8 Å². The number of likely N-dealkylation sites (N-methyl/N-ethyl adjacent to an activating group) is 1. The minimum absolute atomic E-state index is 0.0418. The molecule has 104 heavy (non-hydrogen) atoms. The number of phosphoric ester groups is 1. The van der Waals surface area contributed by atoms with Gasteiger partial charge in [-0.05, 0) is 154 Å². The molecule has 0 aliphatic rings. The summed E-state index contributed by atoms with van der Waals surface area (Å²) in [5, 5.41) is 0. The van der Waals surface area contributed by atoms with Gasteiger partial charge in [0.15, 0.2) is 6.10 Å². The van der Waals surface area contributed by atoms with Crippen molar-refractivity contribution in [2.75, 3.05) is 47.5 Å². The van der Waals surface area contributed by atoms with Crippen LogP contribution in [0.5, 0.6) is 0 Å². The maximum atomic E-state index is 12.9. The number of quaternary nitrogens is 1. The van der Waals surface area contributed by atoms with Gasteiger partial charge >= 0.3 is 11.9 Å². The number of carbonyl (C=O) groups excluding carboxylic acids is 2. The molecule has 0 aromatic rings. The van der Waals surface area contributed by atoms with Crippen LogP contribution in [-0.4, -0.2) is 70.0 Å². The van der Waals surface area contributed by atoms with E-state index in [1.165, 1.54) is 116 Å². The number of nitrogens with zero attached hydrogens (tertiary/aromatic N) is 1. The molecular weight excluding hydrogens is 1300 g/mol. The van der Waals surface area contributed by atoms with E-state index in [-0.39, 0.29) is 32.0 Å². The fourth-order valence-electron chi connectivity index (χ4n) is 10.8. The fourth-order valence-corrected chi connectivity index (χ4v) is 11.5. The summed E-state index contributed by atoms with van der Waals surface area (Å²) in [6.45, 7) is 4.00. The molecule has 0 radical (unpaired) electrons. The molecule has 0 saturated carbocycles. The predicted octanol–water partition coefficient (Wildman–Crippen LogP) is 27.6. The lowest BCUT2D eigenvalue weighted by Crippen LogP contribution is -2.37. The lowest BCUT2D eigenvalue weighted by molar-refractivity contribution is -0.870. The summed E-state index contributed by atoms with van der Waals surface area (Å²) in [5.74, 6) is -0.849. The van der Waals surface area contributed by atoms with E-state index in [9.17, 15) is 19.0 Å². The van der Waals surface area contributed by atoms with Gasteiger partial charge in [-0.15, -0.1) is 0 Å². The van der Waals surface area contributed by atoms with Crippen molar-refractivity contribution >= 4 is 19.8 Å². The minimum atomic E-state index is -4.66. The SMILES string of the molecule is CC/C=C\C/C=C\C/C=C\C/C=C\C/C=C\C/C=C\C/C=C\C/C=C\C/C=C\C/C=C\CCCCCCCCCCC(=O)OC(COC(=O)CCCCCCCCCCCCCCCCCC/C=C\C/C=C\C/C=C\C/C=C\C/C=C\C/C=C\C/C=C\C/C=C\CC)COP(=O)([O-])OCC[N+](C)(C)C. The van der Waals surface area contributed by atoms with Gasteiger partial charge in [-0.1, -0.05) is 361 Å². The van der Waals surface area contributed by atoms with Crippen LogP contribution in [-0.2, 0) is 32.7 Å². The third kappa shape index (κ3) is 85.3. The molecular formula is C94H152NO8P. The fraction of sp³-hybridized carbons (Fsp3) is 0.596.